The third-order valence-electron chi connectivity index (χ3n) is 4.58. The van der Waals surface area contributed by atoms with Crippen LogP contribution in [0.15, 0.2) is 24.3 Å². The lowest BCUT2D eigenvalue weighted by Gasteiger charge is -2.38. The number of fused-ring (bicyclic) bond motifs is 2. The lowest BCUT2D eigenvalue weighted by molar-refractivity contribution is 0.0232. The molecule has 114 valence electrons. The third-order valence-corrected chi connectivity index (χ3v) is 4.58. The molecule has 2 bridgehead atoms. The Morgan fingerprint density at radius 2 is 1.95 bits per heavy atom. The number of amides is 2. The van der Waals surface area contributed by atoms with E-state index in [0.717, 1.165) is 37.1 Å². The third kappa shape index (κ3) is 2.83. The van der Waals surface area contributed by atoms with Gasteiger partial charge in [0.15, 0.2) is 0 Å². The number of nitrogens with one attached hydrogen (secondary N) is 1. The molecule has 2 heterocycles. The Labute approximate surface area is 125 Å². The van der Waals surface area contributed by atoms with Gasteiger partial charge in [0.25, 0.3) is 0 Å². The number of benzene rings is 1. The first kappa shape index (κ1) is 14.2. The summed E-state index contributed by atoms with van der Waals surface area (Å²) in [7, 11) is 3.38. The number of anilines is 1. The van der Waals surface area contributed by atoms with Crippen molar-refractivity contribution in [2.45, 2.75) is 43.9 Å². The summed E-state index contributed by atoms with van der Waals surface area (Å²) >= 11 is 0. The van der Waals surface area contributed by atoms with E-state index < -0.39 is 0 Å². The fourth-order valence-electron chi connectivity index (χ4n) is 3.54. The van der Waals surface area contributed by atoms with E-state index in [9.17, 15) is 4.79 Å². The zero-order chi connectivity index (χ0) is 14.8. The summed E-state index contributed by atoms with van der Waals surface area (Å²) in [6, 6.07) is 8.05. The predicted molar refractivity (Wildman–Crippen MR) is 80.7 cm³/mol. The maximum absolute atomic E-state index is 12.6. The molecule has 1 N–H and O–H groups in total. The van der Waals surface area contributed by atoms with Crippen molar-refractivity contribution in [1.29, 1.82) is 0 Å². The summed E-state index contributed by atoms with van der Waals surface area (Å²) in [6.45, 7) is 0. The average Bonchev–Trinajstić information content (AvgIpc) is 2.78. The second-order valence-corrected chi connectivity index (χ2v) is 5.78. The highest BCUT2D eigenvalue weighted by atomic mass is 16.5. The average molecular weight is 290 g/mol. The minimum absolute atomic E-state index is 0.00898. The molecule has 2 amide bonds. The summed E-state index contributed by atoms with van der Waals surface area (Å²) in [5.74, 6) is 0.744. The van der Waals surface area contributed by atoms with Crippen LogP contribution < -0.4 is 10.1 Å². The molecule has 2 aliphatic heterocycles. The van der Waals surface area contributed by atoms with Crippen molar-refractivity contribution in [2.75, 3.05) is 19.5 Å². The van der Waals surface area contributed by atoms with E-state index in [-0.39, 0.29) is 6.03 Å². The highest BCUT2D eigenvalue weighted by Gasteiger charge is 2.43. The van der Waals surface area contributed by atoms with Gasteiger partial charge in [0, 0.05) is 30.9 Å². The van der Waals surface area contributed by atoms with Crippen LogP contribution in [0.3, 0.4) is 0 Å². The molecule has 21 heavy (non-hydrogen) atoms. The van der Waals surface area contributed by atoms with Crippen LogP contribution in [0.4, 0.5) is 10.5 Å². The van der Waals surface area contributed by atoms with Crippen molar-refractivity contribution in [1.82, 2.24) is 4.90 Å². The molecule has 2 fully saturated rings. The highest BCUT2D eigenvalue weighted by molar-refractivity contribution is 5.90. The number of methoxy groups -OCH3 is 2. The Bertz CT molecular complexity index is 506. The molecule has 2 atom stereocenters. The van der Waals surface area contributed by atoms with Gasteiger partial charge in [0.05, 0.1) is 13.2 Å². The lowest BCUT2D eigenvalue weighted by atomic mass is 10.0. The monoisotopic (exact) mass is 290 g/mol. The van der Waals surface area contributed by atoms with Gasteiger partial charge in [-0.25, -0.2) is 4.79 Å². The molecule has 0 aliphatic carbocycles. The largest absolute Gasteiger partial charge is 0.497 e. The standard InChI is InChI=1S/C16H22N2O3/c1-20-14-5-3-4-11(8-14)17-16(19)18-12-6-7-13(18)10-15(9-12)21-2/h3-5,8,12-13,15H,6-7,9-10H2,1-2H3,(H,17,19). The number of ether oxygens (including phenoxy) is 2. The van der Waals surface area contributed by atoms with Crippen molar-refractivity contribution in [3.8, 4) is 5.75 Å². The number of rotatable bonds is 3. The van der Waals surface area contributed by atoms with E-state index >= 15 is 0 Å². The Kier molecular flexibility index (Phi) is 4.01. The van der Waals surface area contributed by atoms with Gasteiger partial charge in [-0.3, -0.25) is 0 Å². The minimum atomic E-state index is -0.00898. The van der Waals surface area contributed by atoms with Crippen LogP contribution in [0.2, 0.25) is 0 Å². The number of piperidine rings is 1. The first-order valence-corrected chi connectivity index (χ1v) is 7.47. The van der Waals surface area contributed by atoms with Gasteiger partial charge in [-0.1, -0.05) is 6.07 Å². The van der Waals surface area contributed by atoms with Gasteiger partial charge in [-0.15, -0.1) is 0 Å². The van der Waals surface area contributed by atoms with Crippen molar-refractivity contribution < 1.29 is 14.3 Å². The molecule has 0 aromatic heterocycles. The molecule has 1 aromatic rings. The van der Waals surface area contributed by atoms with E-state index in [1.54, 1.807) is 14.2 Å². The second kappa shape index (κ2) is 5.93. The molecular weight excluding hydrogens is 268 g/mol. The SMILES string of the molecule is COc1cccc(NC(=O)N2C3CCC2CC(OC)C3)c1. The van der Waals surface area contributed by atoms with Crippen LogP contribution in [0.1, 0.15) is 25.7 Å². The van der Waals surface area contributed by atoms with Crippen LogP contribution in [0.25, 0.3) is 0 Å². The maximum Gasteiger partial charge on any atom is 0.322 e. The van der Waals surface area contributed by atoms with Gasteiger partial charge in [-0.05, 0) is 37.8 Å². The van der Waals surface area contributed by atoms with E-state index in [0.29, 0.717) is 18.2 Å². The van der Waals surface area contributed by atoms with Crippen LogP contribution in [0, 0.1) is 0 Å². The first-order valence-electron chi connectivity index (χ1n) is 7.47. The van der Waals surface area contributed by atoms with Gasteiger partial charge in [0.1, 0.15) is 5.75 Å². The Morgan fingerprint density at radius 1 is 1.24 bits per heavy atom. The summed E-state index contributed by atoms with van der Waals surface area (Å²) < 4.78 is 10.7. The van der Waals surface area contributed by atoms with Crippen LogP contribution >= 0.6 is 0 Å². The molecule has 1 aromatic carbocycles. The fraction of sp³-hybridized carbons (Fsp3) is 0.562. The van der Waals surface area contributed by atoms with Crippen LogP contribution in [-0.4, -0.2) is 43.3 Å². The summed E-state index contributed by atoms with van der Waals surface area (Å²) in [5, 5.41) is 2.99. The molecule has 0 radical (unpaired) electrons. The Balaban J connectivity index is 1.68. The zero-order valence-corrected chi connectivity index (χ0v) is 12.5. The predicted octanol–water partition coefficient (Wildman–Crippen LogP) is 2.87. The molecule has 2 unspecified atom stereocenters. The summed E-state index contributed by atoms with van der Waals surface area (Å²) in [4.78, 5) is 14.6. The van der Waals surface area contributed by atoms with Gasteiger partial charge < -0.3 is 19.7 Å². The van der Waals surface area contributed by atoms with Crippen molar-refractivity contribution in [3.63, 3.8) is 0 Å². The molecule has 2 saturated heterocycles. The number of nitrogens with zero attached hydrogens (tertiary/aromatic N) is 1. The molecular formula is C16H22N2O3. The molecule has 2 aliphatic rings. The van der Waals surface area contributed by atoms with Gasteiger partial charge in [0.2, 0.25) is 0 Å². The number of hydrogen-bond acceptors (Lipinski definition) is 3. The van der Waals surface area contributed by atoms with E-state index in [1.807, 2.05) is 29.2 Å². The minimum Gasteiger partial charge on any atom is -0.497 e. The summed E-state index contributed by atoms with van der Waals surface area (Å²) in [5.41, 5.74) is 0.771. The number of carbonyl (C=O) groups is 1. The quantitative estimate of drug-likeness (QED) is 0.931. The fourth-order valence-corrected chi connectivity index (χ4v) is 3.54. The smallest absolute Gasteiger partial charge is 0.322 e. The van der Waals surface area contributed by atoms with Crippen molar-refractivity contribution in [3.05, 3.63) is 24.3 Å². The second-order valence-electron chi connectivity index (χ2n) is 5.78. The van der Waals surface area contributed by atoms with Crippen molar-refractivity contribution in [2.24, 2.45) is 0 Å². The Hall–Kier alpha value is -1.75. The number of urea groups is 1. The highest BCUT2D eigenvalue weighted by Crippen LogP contribution is 2.37. The first-order chi connectivity index (χ1) is 10.2. The van der Waals surface area contributed by atoms with E-state index in [2.05, 4.69) is 5.32 Å². The maximum atomic E-state index is 12.6. The van der Waals surface area contributed by atoms with Gasteiger partial charge in [-0.2, -0.15) is 0 Å². The molecule has 5 heteroatoms. The number of hydrogen-bond donors (Lipinski definition) is 1. The molecule has 0 saturated carbocycles. The number of carbonyl (C=O) groups excluding carboxylic acids is 1. The summed E-state index contributed by atoms with van der Waals surface area (Å²) in [6.07, 6.45) is 4.34. The topological polar surface area (TPSA) is 50.8 Å². The zero-order valence-electron chi connectivity index (χ0n) is 12.5. The molecule has 3 rings (SSSR count). The molecule has 5 nitrogen and oxygen atoms in total. The Morgan fingerprint density at radius 3 is 2.57 bits per heavy atom. The van der Waals surface area contributed by atoms with Gasteiger partial charge >= 0.3 is 6.03 Å². The van der Waals surface area contributed by atoms with E-state index in [1.165, 1.54) is 0 Å². The van der Waals surface area contributed by atoms with Crippen LogP contribution in [-0.2, 0) is 4.74 Å². The van der Waals surface area contributed by atoms with Crippen LogP contribution in [0.5, 0.6) is 5.75 Å². The van der Waals surface area contributed by atoms with Crippen molar-refractivity contribution >= 4 is 11.7 Å². The normalized spacial score (nSPS) is 27.5. The lowest BCUT2D eigenvalue weighted by Crippen LogP contribution is -2.50. The molecule has 0 spiro atoms. The van der Waals surface area contributed by atoms with E-state index in [4.69, 9.17) is 9.47 Å².